The van der Waals surface area contributed by atoms with E-state index in [4.69, 9.17) is 16.3 Å². The number of alkyl halides is 1. The van der Waals surface area contributed by atoms with Crippen LogP contribution in [0.15, 0.2) is 24.3 Å². The van der Waals surface area contributed by atoms with Gasteiger partial charge in [0.1, 0.15) is 4.88 Å². The number of carbonyl (C=O) groups excluding carboxylic acids is 1. The van der Waals surface area contributed by atoms with E-state index in [2.05, 4.69) is 6.92 Å². The van der Waals surface area contributed by atoms with Crippen LogP contribution in [0.4, 0.5) is 0 Å². The maximum Gasteiger partial charge on any atom is 0.348 e. The summed E-state index contributed by atoms with van der Waals surface area (Å²) in [5.74, 6) is -0.0910. The van der Waals surface area contributed by atoms with Gasteiger partial charge in [0.05, 0.1) is 19.3 Å². The van der Waals surface area contributed by atoms with E-state index in [1.54, 1.807) is 6.07 Å². The lowest BCUT2D eigenvalue weighted by Crippen LogP contribution is -2.19. The molecule has 1 saturated carbocycles. The van der Waals surface area contributed by atoms with Gasteiger partial charge in [-0.1, -0.05) is 38.3 Å². The number of hydrogen-bond donors (Lipinski definition) is 2. The summed E-state index contributed by atoms with van der Waals surface area (Å²) in [6, 6.07) is 3.78. The number of esters is 1. The van der Waals surface area contributed by atoms with E-state index in [-0.39, 0.29) is 23.2 Å². The molecule has 1 aliphatic carbocycles. The van der Waals surface area contributed by atoms with Crippen molar-refractivity contribution in [3.05, 3.63) is 34.0 Å². The van der Waals surface area contributed by atoms with Crippen molar-refractivity contribution in [1.29, 1.82) is 0 Å². The van der Waals surface area contributed by atoms with Gasteiger partial charge in [-0.2, -0.15) is 0 Å². The number of ether oxygens (including phenoxy) is 1. The summed E-state index contributed by atoms with van der Waals surface area (Å²) < 4.78 is 4.75. The average molecular weight is 429 g/mol. The van der Waals surface area contributed by atoms with Gasteiger partial charge < -0.3 is 14.9 Å². The van der Waals surface area contributed by atoms with Crippen molar-refractivity contribution < 1.29 is 19.7 Å². The molecule has 0 saturated heterocycles. The van der Waals surface area contributed by atoms with Crippen LogP contribution < -0.4 is 0 Å². The number of halogens is 1. The molecular formula is C22H33ClO4S. The molecule has 0 spiro atoms. The van der Waals surface area contributed by atoms with Crippen LogP contribution in [0.2, 0.25) is 0 Å². The molecule has 158 valence electrons. The standard InChI is InChI=1S/C22H33ClO4S/c1-3-4-5-7-15(24)10-12-18-17(19(23)14-20(18)25)9-6-8-16-11-13-21(28-16)22(26)27-2/h10-13,15,17-20,24-25H,3-9,14H2,1-2H3/b12-10+/t15?,17-,18?,19?,20-/m1/s1. The molecule has 6 heteroatoms. The Morgan fingerprint density at radius 1 is 1.39 bits per heavy atom. The summed E-state index contributed by atoms with van der Waals surface area (Å²) >= 11 is 7.99. The maximum atomic E-state index is 11.6. The van der Waals surface area contributed by atoms with Gasteiger partial charge in [-0.15, -0.1) is 22.9 Å². The predicted octanol–water partition coefficient (Wildman–Crippen LogP) is 4.96. The molecule has 1 heterocycles. The molecule has 2 rings (SSSR count). The summed E-state index contributed by atoms with van der Waals surface area (Å²) in [6.07, 6.45) is 10.3. The van der Waals surface area contributed by atoms with Crippen molar-refractivity contribution >= 4 is 28.9 Å². The van der Waals surface area contributed by atoms with Crippen molar-refractivity contribution in [3.8, 4) is 0 Å². The van der Waals surface area contributed by atoms with Gasteiger partial charge in [-0.05, 0) is 50.2 Å². The van der Waals surface area contributed by atoms with Crippen LogP contribution in [0.25, 0.3) is 0 Å². The van der Waals surface area contributed by atoms with Crippen LogP contribution in [-0.4, -0.2) is 40.9 Å². The number of aliphatic hydroxyl groups excluding tert-OH is 2. The second-order valence-electron chi connectivity index (χ2n) is 7.66. The molecule has 0 aliphatic heterocycles. The number of aryl methyl sites for hydroxylation is 1. The van der Waals surface area contributed by atoms with Crippen LogP contribution in [0.3, 0.4) is 0 Å². The first kappa shape index (κ1) is 23.4. The molecule has 0 bridgehead atoms. The Morgan fingerprint density at radius 3 is 2.89 bits per heavy atom. The number of rotatable bonds is 11. The number of hydrogen-bond acceptors (Lipinski definition) is 5. The van der Waals surface area contributed by atoms with Crippen LogP contribution >= 0.6 is 22.9 Å². The molecule has 4 nitrogen and oxygen atoms in total. The molecule has 1 aromatic heterocycles. The highest BCUT2D eigenvalue weighted by atomic mass is 35.5. The highest BCUT2D eigenvalue weighted by Gasteiger charge is 2.39. The fourth-order valence-electron chi connectivity index (χ4n) is 3.92. The Labute approximate surface area is 177 Å². The largest absolute Gasteiger partial charge is 0.465 e. The Morgan fingerprint density at radius 2 is 2.18 bits per heavy atom. The van der Waals surface area contributed by atoms with Crippen molar-refractivity contribution in [2.75, 3.05) is 7.11 Å². The number of aliphatic hydroxyl groups is 2. The molecule has 28 heavy (non-hydrogen) atoms. The summed E-state index contributed by atoms with van der Waals surface area (Å²) in [7, 11) is 1.39. The van der Waals surface area contributed by atoms with Crippen LogP contribution in [0, 0.1) is 11.8 Å². The van der Waals surface area contributed by atoms with E-state index in [0.717, 1.165) is 49.8 Å². The first-order valence-electron chi connectivity index (χ1n) is 10.3. The zero-order chi connectivity index (χ0) is 20.5. The van der Waals surface area contributed by atoms with E-state index in [1.165, 1.54) is 18.4 Å². The van der Waals surface area contributed by atoms with E-state index in [9.17, 15) is 15.0 Å². The van der Waals surface area contributed by atoms with E-state index >= 15 is 0 Å². The molecule has 1 fully saturated rings. The first-order valence-corrected chi connectivity index (χ1v) is 11.6. The third-order valence-corrected chi connectivity index (χ3v) is 7.16. The van der Waals surface area contributed by atoms with Gasteiger partial charge in [-0.3, -0.25) is 0 Å². The van der Waals surface area contributed by atoms with Crippen LogP contribution in [0.1, 0.15) is 66.4 Å². The van der Waals surface area contributed by atoms with Gasteiger partial charge in [0, 0.05) is 16.2 Å². The molecule has 3 unspecified atom stereocenters. The summed E-state index contributed by atoms with van der Waals surface area (Å²) in [5.41, 5.74) is 0. The summed E-state index contributed by atoms with van der Waals surface area (Å²) in [4.78, 5) is 13.3. The average Bonchev–Trinajstić information content (AvgIpc) is 3.24. The van der Waals surface area contributed by atoms with Crippen LogP contribution in [-0.2, 0) is 11.2 Å². The minimum atomic E-state index is -0.448. The lowest BCUT2D eigenvalue weighted by Gasteiger charge is -2.21. The van der Waals surface area contributed by atoms with E-state index < -0.39 is 12.2 Å². The lowest BCUT2D eigenvalue weighted by atomic mass is 9.89. The topological polar surface area (TPSA) is 66.8 Å². The normalized spacial score (nSPS) is 26.0. The van der Waals surface area contributed by atoms with Gasteiger partial charge in [0.2, 0.25) is 0 Å². The Kier molecular flexibility index (Phi) is 10.00. The number of carbonyl (C=O) groups is 1. The number of thiophene rings is 1. The zero-order valence-corrected chi connectivity index (χ0v) is 18.4. The highest BCUT2D eigenvalue weighted by Crippen LogP contribution is 2.40. The first-order chi connectivity index (χ1) is 13.5. The molecule has 0 amide bonds. The molecule has 5 atom stereocenters. The van der Waals surface area contributed by atoms with Gasteiger partial charge >= 0.3 is 5.97 Å². The lowest BCUT2D eigenvalue weighted by molar-refractivity contribution is 0.0606. The third kappa shape index (κ3) is 6.87. The van der Waals surface area contributed by atoms with E-state index in [0.29, 0.717) is 11.3 Å². The summed E-state index contributed by atoms with van der Waals surface area (Å²) in [5, 5.41) is 20.5. The third-order valence-electron chi connectivity index (χ3n) is 5.54. The highest BCUT2D eigenvalue weighted by molar-refractivity contribution is 7.13. The minimum absolute atomic E-state index is 0.00251. The van der Waals surface area contributed by atoms with Crippen molar-refractivity contribution in [2.24, 2.45) is 11.8 Å². The fourth-order valence-corrected chi connectivity index (χ4v) is 5.37. The second kappa shape index (κ2) is 12.0. The van der Waals surface area contributed by atoms with E-state index in [1.807, 2.05) is 18.2 Å². The van der Waals surface area contributed by atoms with Gasteiger partial charge in [0.15, 0.2) is 0 Å². The molecule has 0 aromatic carbocycles. The fraction of sp³-hybridized carbons (Fsp3) is 0.682. The zero-order valence-electron chi connectivity index (χ0n) is 16.9. The van der Waals surface area contributed by atoms with Gasteiger partial charge in [0.25, 0.3) is 0 Å². The van der Waals surface area contributed by atoms with Crippen molar-refractivity contribution in [1.82, 2.24) is 0 Å². The molecule has 0 radical (unpaired) electrons. The smallest absolute Gasteiger partial charge is 0.348 e. The SMILES string of the molecule is CCCCCC(O)/C=C/C1[C@@H](CCCc2ccc(C(=O)OC)s2)C(Cl)C[C@H]1O. The number of methoxy groups -OCH3 is 1. The Hall–Kier alpha value is -0.880. The Balaban J connectivity index is 1.85. The van der Waals surface area contributed by atoms with Crippen molar-refractivity contribution in [3.63, 3.8) is 0 Å². The Bertz CT molecular complexity index is 630. The van der Waals surface area contributed by atoms with Crippen LogP contribution in [0.5, 0.6) is 0 Å². The monoisotopic (exact) mass is 428 g/mol. The minimum Gasteiger partial charge on any atom is -0.465 e. The summed E-state index contributed by atoms with van der Waals surface area (Å²) in [6.45, 7) is 2.15. The number of unbranched alkanes of at least 4 members (excludes halogenated alkanes) is 2. The second-order valence-corrected chi connectivity index (χ2v) is 9.39. The molecule has 1 aromatic rings. The molecule has 2 N–H and O–H groups in total. The quantitative estimate of drug-likeness (QED) is 0.226. The molecule has 1 aliphatic rings. The molecular weight excluding hydrogens is 396 g/mol. The predicted molar refractivity (Wildman–Crippen MR) is 115 cm³/mol. The van der Waals surface area contributed by atoms with Gasteiger partial charge in [-0.25, -0.2) is 4.79 Å². The van der Waals surface area contributed by atoms with Crippen molar-refractivity contribution in [2.45, 2.75) is 75.9 Å². The maximum absolute atomic E-state index is 11.6.